The predicted molar refractivity (Wildman–Crippen MR) is 124 cm³/mol. The number of fused-ring (bicyclic) bond motifs is 1. The fourth-order valence-electron chi connectivity index (χ4n) is 3.80. The van der Waals surface area contributed by atoms with Crippen LogP contribution in [0.15, 0.2) is 22.7 Å². The molecule has 9 nitrogen and oxygen atoms in total. The van der Waals surface area contributed by atoms with E-state index in [1.807, 2.05) is 44.1 Å². The fourth-order valence-corrected chi connectivity index (χ4v) is 3.80. The van der Waals surface area contributed by atoms with Gasteiger partial charge in [-0.2, -0.15) is 4.98 Å². The molecule has 1 aromatic heterocycles. The van der Waals surface area contributed by atoms with Gasteiger partial charge in [-0.15, -0.1) is 12.4 Å². The normalized spacial score (nSPS) is 17.7. The van der Waals surface area contributed by atoms with E-state index >= 15 is 0 Å². The van der Waals surface area contributed by atoms with Crippen molar-refractivity contribution in [3.63, 3.8) is 0 Å². The van der Waals surface area contributed by atoms with Gasteiger partial charge in [-0.3, -0.25) is 4.79 Å². The molecule has 0 radical (unpaired) electrons. The summed E-state index contributed by atoms with van der Waals surface area (Å²) in [5, 5.41) is 7.05. The fraction of sp³-hybridized carbons (Fsp3) is 0.545. The summed E-state index contributed by atoms with van der Waals surface area (Å²) in [6.07, 6.45) is 0.529. The largest absolute Gasteiger partial charge is 0.447 e. The molecule has 2 atom stereocenters. The van der Waals surface area contributed by atoms with E-state index in [0.29, 0.717) is 24.6 Å². The highest BCUT2D eigenvalue weighted by Gasteiger charge is 2.34. The molecule has 1 aliphatic rings. The first-order chi connectivity index (χ1) is 14.7. The lowest BCUT2D eigenvalue weighted by Gasteiger charge is -2.39. The highest BCUT2D eigenvalue weighted by Crippen LogP contribution is 2.39. The van der Waals surface area contributed by atoms with Crippen LogP contribution < -0.4 is 10.2 Å². The second kappa shape index (κ2) is 10.8. The van der Waals surface area contributed by atoms with Crippen LogP contribution >= 0.6 is 12.4 Å². The lowest BCUT2D eigenvalue weighted by atomic mass is 9.90. The number of halogens is 1. The number of likely N-dealkylation sites (N-methyl/N-ethyl adjacent to an activating group) is 1. The Morgan fingerprint density at radius 1 is 1.34 bits per heavy atom. The SMILES string of the molecule is CC(=O)N1c2ccc(-c3noc(CCN(C)C)n3)cc2[C@H](NC(=O)OC(C)C)C[C@@H]1C.Cl. The zero-order valence-corrected chi connectivity index (χ0v) is 20.2. The number of benzene rings is 1. The van der Waals surface area contributed by atoms with Crippen LogP contribution in [0.1, 0.15) is 51.6 Å². The Labute approximate surface area is 194 Å². The van der Waals surface area contributed by atoms with Gasteiger partial charge in [0.25, 0.3) is 0 Å². The molecule has 10 heteroatoms. The van der Waals surface area contributed by atoms with Crippen LogP contribution in [0.25, 0.3) is 11.4 Å². The van der Waals surface area contributed by atoms with Gasteiger partial charge in [0.05, 0.1) is 12.1 Å². The number of carbonyl (C=O) groups excluding carboxylic acids is 2. The second-order valence-corrected chi connectivity index (χ2v) is 8.46. The third-order valence-electron chi connectivity index (χ3n) is 5.15. The summed E-state index contributed by atoms with van der Waals surface area (Å²) in [4.78, 5) is 32.9. The first-order valence-electron chi connectivity index (χ1n) is 10.5. The van der Waals surface area contributed by atoms with E-state index in [0.717, 1.165) is 23.4 Å². The molecule has 0 saturated heterocycles. The Kier molecular flexibility index (Phi) is 8.63. The summed E-state index contributed by atoms with van der Waals surface area (Å²) in [6.45, 7) is 7.93. The first kappa shape index (κ1) is 25.6. The van der Waals surface area contributed by atoms with E-state index in [-0.39, 0.29) is 36.5 Å². The Morgan fingerprint density at radius 3 is 2.69 bits per heavy atom. The van der Waals surface area contributed by atoms with Gasteiger partial charge in [-0.25, -0.2) is 4.79 Å². The van der Waals surface area contributed by atoms with Crippen molar-refractivity contribution in [3.8, 4) is 11.4 Å². The van der Waals surface area contributed by atoms with Crippen molar-refractivity contribution in [3.05, 3.63) is 29.7 Å². The number of ether oxygens (including phenoxy) is 1. The molecule has 0 unspecified atom stereocenters. The lowest BCUT2D eigenvalue weighted by molar-refractivity contribution is -0.117. The van der Waals surface area contributed by atoms with Gasteiger partial charge in [0.1, 0.15) is 0 Å². The number of nitrogens with zero attached hydrogens (tertiary/aromatic N) is 4. The maximum Gasteiger partial charge on any atom is 0.407 e. The van der Waals surface area contributed by atoms with Crippen LogP contribution in [0.5, 0.6) is 0 Å². The minimum Gasteiger partial charge on any atom is -0.447 e. The van der Waals surface area contributed by atoms with Crippen LogP contribution in [0.4, 0.5) is 10.5 Å². The smallest absolute Gasteiger partial charge is 0.407 e. The quantitative estimate of drug-likeness (QED) is 0.695. The van der Waals surface area contributed by atoms with Crippen molar-refractivity contribution in [1.29, 1.82) is 0 Å². The minimum atomic E-state index is -0.481. The topological polar surface area (TPSA) is 101 Å². The molecule has 0 aliphatic carbocycles. The van der Waals surface area contributed by atoms with Crippen LogP contribution in [0.2, 0.25) is 0 Å². The van der Waals surface area contributed by atoms with E-state index in [1.54, 1.807) is 25.7 Å². The Morgan fingerprint density at radius 2 is 2.06 bits per heavy atom. The maximum absolute atomic E-state index is 12.3. The van der Waals surface area contributed by atoms with Gasteiger partial charge < -0.3 is 24.4 Å². The highest BCUT2D eigenvalue weighted by atomic mass is 35.5. The second-order valence-electron chi connectivity index (χ2n) is 8.46. The van der Waals surface area contributed by atoms with Crippen LogP contribution in [0, 0.1) is 0 Å². The molecule has 0 bridgehead atoms. The van der Waals surface area contributed by atoms with Gasteiger partial charge in [-0.05, 0) is 65.0 Å². The summed E-state index contributed by atoms with van der Waals surface area (Å²) in [5.41, 5.74) is 2.35. The van der Waals surface area contributed by atoms with Crippen molar-refractivity contribution in [2.75, 3.05) is 25.5 Å². The van der Waals surface area contributed by atoms with Gasteiger partial charge >= 0.3 is 6.09 Å². The molecule has 2 aromatic rings. The van der Waals surface area contributed by atoms with Gasteiger partial charge in [0, 0.05) is 37.2 Å². The molecule has 0 saturated carbocycles. The summed E-state index contributed by atoms with van der Waals surface area (Å²) in [6, 6.07) is 5.30. The standard InChI is InChI=1S/C22H31N5O4.ClH/c1-13(2)30-22(29)23-18-11-14(3)27(15(4)28)19-8-7-16(12-17(18)19)21-24-20(31-25-21)9-10-26(5)6;/h7-8,12-14,18H,9-11H2,1-6H3,(H,23,29);1H/t14-,18+;/m0./s1. The molecule has 1 N–H and O–H groups in total. The maximum atomic E-state index is 12.3. The average Bonchev–Trinajstić information content (AvgIpc) is 3.14. The van der Waals surface area contributed by atoms with Crippen molar-refractivity contribution < 1.29 is 18.8 Å². The molecule has 0 spiro atoms. The molecular formula is C22H32ClN5O4. The monoisotopic (exact) mass is 465 g/mol. The predicted octanol–water partition coefficient (Wildman–Crippen LogP) is 3.58. The Hall–Kier alpha value is -2.65. The molecule has 2 heterocycles. The zero-order chi connectivity index (χ0) is 22.7. The highest BCUT2D eigenvalue weighted by molar-refractivity contribution is 5.94. The molecule has 3 rings (SSSR count). The van der Waals surface area contributed by atoms with Gasteiger partial charge in [0.15, 0.2) is 0 Å². The summed E-state index contributed by atoms with van der Waals surface area (Å²) in [7, 11) is 3.97. The summed E-state index contributed by atoms with van der Waals surface area (Å²) in [5.74, 6) is 0.999. The van der Waals surface area contributed by atoms with Crippen LogP contribution in [-0.2, 0) is 16.0 Å². The molecule has 2 amide bonds. The molecule has 176 valence electrons. The molecular weight excluding hydrogens is 434 g/mol. The number of aromatic nitrogens is 2. The van der Waals surface area contributed by atoms with E-state index in [2.05, 4.69) is 15.5 Å². The Bertz CT molecular complexity index is 946. The molecule has 1 aromatic carbocycles. The molecule has 1 aliphatic heterocycles. The number of nitrogens with one attached hydrogen (secondary N) is 1. The van der Waals surface area contributed by atoms with Crippen LogP contribution in [-0.4, -0.2) is 59.8 Å². The van der Waals surface area contributed by atoms with E-state index in [9.17, 15) is 9.59 Å². The lowest BCUT2D eigenvalue weighted by Crippen LogP contribution is -2.45. The molecule has 0 fully saturated rings. The number of amides is 2. The third kappa shape index (κ3) is 5.98. The average molecular weight is 466 g/mol. The van der Waals surface area contributed by atoms with Crippen molar-refractivity contribution >= 4 is 30.1 Å². The van der Waals surface area contributed by atoms with E-state index < -0.39 is 6.09 Å². The van der Waals surface area contributed by atoms with Crippen LogP contribution in [0.3, 0.4) is 0 Å². The van der Waals surface area contributed by atoms with Crippen molar-refractivity contribution in [1.82, 2.24) is 20.4 Å². The van der Waals surface area contributed by atoms with Crippen molar-refractivity contribution in [2.24, 2.45) is 0 Å². The first-order valence-corrected chi connectivity index (χ1v) is 10.5. The van der Waals surface area contributed by atoms with E-state index in [4.69, 9.17) is 9.26 Å². The number of hydrogen-bond donors (Lipinski definition) is 1. The van der Waals surface area contributed by atoms with Gasteiger partial charge in [-0.1, -0.05) is 5.16 Å². The van der Waals surface area contributed by atoms with Crippen molar-refractivity contribution in [2.45, 2.75) is 58.7 Å². The number of carbonyl (C=O) groups is 2. The van der Waals surface area contributed by atoms with Gasteiger partial charge in [0.2, 0.25) is 17.6 Å². The summed E-state index contributed by atoms with van der Waals surface area (Å²) >= 11 is 0. The summed E-state index contributed by atoms with van der Waals surface area (Å²) < 4.78 is 10.7. The minimum absolute atomic E-state index is 0. The van der Waals surface area contributed by atoms with E-state index in [1.165, 1.54) is 0 Å². The Balaban J connectivity index is 0.00000363. The zero-order valence-electron chi connectivity index (χ0n) is 19.4. The number of anilines is 1. The number of rotatable bonds is 6. The number of alkyl carbamates (subject to hydrolysis) is 1. The third-order valence-corrected chi connectivity index (χ3v) is 5.15. The number of hydrogen-bond acceptors (Lipinski definition) is 7. The molecule has 32 heavy (non-hydrogen) atoms.